The lowest BCUT2D eigenvalue weighted by atomic mass is 9.87. The van der Waals surface area contributed by atoms with E-state index in [-0.39, 0.29) is 11.5 Å². The Labute approximate surface area is 123 Å². The van der Waals surface area contributed by atoms with E-state index in [2.05, 4.69) is 20.6 Å². The molecule has 3 rings (SSSR count). The van der Waals surface area contributed by atoms with Gasteiger partial charge in [-0.25, -0.2) is 4.98 Å². The predicted molar refractivity (Wildman–Crippen MR) is 77.7 cm³/mol. The van der Waals surface area contributed by atoms with Gasteiger partial charge in [-0.15, -0.1) is 11.3 Å². The van der Waals surface area contributed by atoms with Gasteiger partial charge in [0.15, 0.2) is 0 Å². The molecule has 1 aromatic heterocycles. The summed E-state index contributed by atoms with van der Waals surface area (Å²) in [5, 5.41) is 6.14. The van der Waals surface area contributed by atoms with E-state index in [1.165, 1.54) is 0 Å². The molecule has 1 N–H and O–H groups in total. The van der Waals surface area contributed by atoms with Gasteiger partial charge in [-0.1, -0.05) is 0 Å². The molecule has 2 fully saturated rings. The van der Waals surface area contributed by atoms with Crippen molar-refractivity contribution in [2.75, 3.05) is 26.2 Å². The van der Waals surface area contributed by atoms with Crippen LogP contribution in [0.15, 0.2) is 5.38 Å². The Morgan fingerprint density at radius 3 is 3.00 bits per heavy atom. The molecule has 2 aliphatic rings. The summed E-state index contributed by atoms with van der Waals surface area (Å²) in [7, 11) is 0. The van der Waals surface area contributed by atoms with Crippen molar-refractivity contribution in [3.8, 4) is 0 Å². The quantitative estimate of drug-likeness (QED) is 0.894. The lowest BCUT2D eigenvalue weighted by Crippen LogP contribution is -2.46. The zero-order valence-electron chi connectivity index (χ0n) is 11.9. The number of thiazole rings is 1. The average molecular weight is 295 g/mol. The van der Waals surface area contributed by atoms with Crippen molar-refractivity contribution in [1.82, 2.24) is 15.2 Å². The summed E-state index contributed by atoms with van der Waals surface area (Å²) in [5.41, 5.74) is 0.928. The molecule has 2 saturated heterocycles. The van der Waals surface area contributed by atoms with E-state index >= 15 is 0 Å². The number of rotatable bonds is 2. The third kappa shape index (κ3) is 3.19. The lowest BCUT2D eigenvalue weighted by Gasteiger charge is -2.40. The van der Waals surface area contributed by atoms with Crippen LogP contribution in [0.4, 0.5) is 0 Å². The Balaban J connectivity index is 1.57. The topological polar surface area (TPSA) is 54.5 Å². The zero-order valence-corrected chi connectivity index (χ0v) is 12.7. The standard InChI is InChI=1S/C14H21N3O2S/c1-11-16-12(10-20-11)9-17-5-2-14(3-6-17)8-13(18)15-4-7-19-14/h10H,2-9H2,1H3,(H,15,18). The minimum atomic E-state index is -0.227. The number of likely N-dealkylation sites (tertiary alicyclic amines) is 1. The summed E-state index contributed by atoms with van der Waals surface area (Å²) in [6.07, 6.45) is 2.38. The monoisotopic (exact) mass is 295 g/mol. The molecular formula is C14H21N3O2S. The first-order valence-corrected chi connectivity index (χ1v) is 8.07. The number of carbonyl (C=O) groups is 1. The molecule has 5 nitrogen and oxygen atoms in total. The van der Waals surface area contributed by atoms with Crippen LogP contribution < -0.4 is 5.32 Å². The molecule has 0 atom stereocenters. The number of aryl methyl sites for hydroxylation is 1. The lowest BCUT2D eigenvalue weighted by molar-refractivity contribution is -0.128. The van der Waals surface area contributed by atoms with E-state index < -0.39 is 0 Å². The van der Waals surface area contributed by atoms with Gasteiger partial charge in [0, 0.05) is 31.6 Å². The number of ether oxygens (including phenoxy) is 1. The van der Waals surface area contributed by atoms with Crippen molar-refractivity contribution in [3.05, 3.63) is 16.1 Å². The number of amides is 1. The number of hydrogen-bond acceptors (Lipinski definition) is 5. The van der Waals surface area contributed by atoms with Crippen LogP contribution in [0.3, 0.4) is 0 Å². The highest BCUT2D eigenvalue weighted by Crippen LogP contribution is 2.31. The van der Waals surface area contributed by atoms with E-state index in [1.807, 2.05) is 6.92 Å². The molecule has 2 aliphatic heterocycles. The Morgan fingerprint density at radius 1 is 1.50 bits per heavy atom. The highest BCUT2D eigenvalue weighted by atomic mass is 32.1. The fraction of sp³-hybridized carbons (Fsp3) is 0.714. The Hall–Kier alpha value is -0.980. The first kappa shape index (κ1) is 14.0. The highest BCUT2D eigenvalue weighted by molar-refractivity contribution is 7.09. The summed E-state index contributed by atoms with van der Waals surface area (Å²) in [5.74, 6) is 0.131. The van der Waals surface area contributed by atoms with Gasteiger partial charge in [-0.2, -0.15) is 0 Å². The van der Waals surface area contributed by atoms with Crippen LogP contribution >= 0.6 is 11.3 Å². The van der Waals surface area contributed by atoms with Crippen molar-refractivity contribution >= 4 is 17.2 Å². The van der Waals surface area contributed by atoms with Crippen LogP contribution in [-0.4, -0.2) is 47.6 Å². The molecule has 6 heteroatoms. The van der Waals surface area contributed by atoms with Crippen LogP contribution in [0.25, 0.3) is 0 Å². The SMILES string of the molecule is Cc1nc(CN2CCC3(CC2)CC(=O)NCCO3)cs1. The molecule has 3 heterocycles. The molecule has 0 bridgehead atoms. The Kier molecular flexibility index (Phi) is 4.05. The summed E-state index contributed by atoms with van der Waals surface area (Å²) in [6.45, 7) is 6.18. The summed E-state index contributed by atoms with van der Waals surface area (Å²) < 4.78 is 5.98. The van der Waals surface area contributed by atoms with Gasteiger partial charge in [-0.3, -0.25) is 9.69 Å². The fourth-order valence-corrected chi connectivity index (χ4v) is 3.62. The smallest absolute Gasteiger partial charge is 0.222 e. The third-order valence-electron chi connectivity index (χ3n) is 4.13. The minimum absolute atomic E-state index is 0.131. The number of carbonyl (C=O) groups excluding carboxylic acids is 1. The third-order valence-corrected chi connectivity index (χ3v) is 4.96. The fourth-order valence-electron chi connectivity index (χ4n) is 3.01. The number of piperidine rings is 1. The molecule has 0 saturated carbocycles. The Morgan fingerprint density at radius 2 is 2.30 bits per heavy atom. The van der Waals surface area contributed by atoms with Crippen LogP contribution in [0, 0.1) is 6.92 Å². The maximum atomic E-state index is 11.7. The molecule has 0 radical (unpaired) electrons. The maximum Gasteiger partial charge on any atom is 0.222 e. The minimum Gasteiger partial charge on any atom is -0.373 e. The van der Waals surface area contributed by atoms with Gasteiger partial charge in [0.1, 0.15) is 0 Å². The largest absolute Gasteiger partial charge is 0.373 e. The van der Waals surface area contributed by atoms with Crippen molar-refractivity contribution in [2.45, 2.75) is 38.3 Å². The van der Waals surface area contributed by atoms with Gasteiger partial charge >= 0.3 is 0 Å². The number of nitrogens with zero attached hydrogens (tertiary/aromatic N) is 2. The van der Waals surface area contributed by atoms with Crippen molar-refractivity contribution < 1.29 is 9.53 Å². The second-order valence-electron chi connectivity index (χ2n) is 5.69. The van der Waals surface area contributed by atoms with Gasteiger partial charge in [0.25, 0.3) is 0 Å². The van der Waals surface area contributed by atoms with Crippen molar-refractivity contribution in [3.63, 3.8) is 0 Å². The second kappa shape index (κ2) is 5.79. The maximum absolute atomic E-state index is 11.7. The van der Waals surface area contributed by atoms with Crippen LogP contribution in [0.1, 0.15) is 30.0 Å². The summed E-state index contributed by atoms with van der Waals surface area (Å²) in [4.78, 5) is 18.6. The summed E-state index contributed by atoms with van der Waals surface area (Å²) in [6, 6.07) is 0. The summed E-state index contributed by atoms with van der Waals surface area (Å²) >= 11 is 1.70. The van der Waals surface area contributed by atoms with Gasteiger partial charge in [-0.05, 0) is 19.8 Å². The van der Waals surface area contributed by atoms with Gasteiger partial charge in [0.05, 0.1) is 29.3 Å². The van der Waals surface area contributed by atoms with Crippen LogP contribution in [-0.2, 0) is 16.1 Å². The van der Waals surface area contributed by atoms with Crippen LogP contribution in [0.5, 0.6) is 0 Å². The molecule has 110 valence electrons. The molecule has 1 aromatic rings. The number of aromatic nitrogens is 1. The molecule has 1 amide bonds. The first-order chi connectivity index (χ1) is 9.65. The predicted octanol–water partition coefficient (Wildman–Crippen LogP) is 1.32. The van der Waals surface area contributed by atoms with Gasteiger partial charge < -0.3 is 10.1 Å². The molecule has 20 heavy (non-hydrogen) atoms. The number of hydrogen-bond donors (Lipinski definition) is 1. The van der Waals surface area contributed by atoms with E-state index in [9.17, 15) is 4.79 Å². The van der Waals surface area contributed by atoms with Crippen molar-refractivity contribution in [1.29, 1.82) is 0 Å². The van der Waals surface area contributed by atoms with Crippen LogP contribution in [0.2, 0.25) is 0 Å². The van der Waals surface area contributed by atoms with E-state index in [1.54, 1.807) is 11.3 Å². The molecule has 0 unspecified atom stereocenters. The molecular weight excluding hydrogens is 274 g/mol. The molecule has 0 aromatic carbocycles. The van der Waals surface area contributed by atoms with E-state index in [4.69, 9.17) is 4.74 Å². The molecule has 0 aliphatic carbocycles. The number of nitrogens with one attached hydrogen (secondary N) is 1. The zero-order chi connectivity index (χ0) is 14.0. The van der Waals surface area contributed by atoms with E-state index in [0.717, 1.165) is 43.2 Å². The highest BCUT2D eigenvalue weighted by Gasteiger charge is 2.38. The van der Waals surface area contributed by atoms with E-state index in [0.29, 0.717) is 19.6 Å². The van der Waals surface area contributed by atoms with Gasteiger partial charge in [0.2, 0.25) is 5.91 Å². The first-order valence-electron chi connectivity index (χ1n) is 7.19. The second-order valence-corrected chi connectivity index (χ2v) is 6.75. The Bertz CT molecular complexity index is 481. The average Bonchev–Trinajstić information content (AvgIpc) is 2.74. The van der Waals surface area contributed by atoms with Crippen molar-refractivity contribution in [2.24, 2.45) is 0 Å². The molecule has 1 spiro atoms. The normalized spacial score (nSPS) is 23.6.